The monoisotopic (exact) mass is 275 g/mol. The first-order valence-corrected chi connectivity index (χ1v) is 6.25. The summed E-state index contributed by atoms with van der Waals surface area (Å²) in [6, 6.07) is 6.89. The van der Waals surface area contributed by atoms with Crippen LogP contribution in [0, 0.1) is 0 Å². The molecule has 0 spiro atoms. The van der Waals surface area contributed by atoms with Crippen molar-refractivity contribution in [3.8, 4) is 0 Å². The normalized spacial score (nSPS) is 10.3. The maximum Gasteiger partial charge on any atom is 0.330 e. The first kappa shape index (κ1) is 15.6. The van der Waals surface area contributed by atoms with Gasteiger partial charge in [0.25, 0.3) is 0 Å². The maximum atomic E-state index is 11.4. The number of rotatable bonds is 6. The van der Waals surface area contributed by atoms with Gasteiger partial charge in [-0.05, 0) is 37.6 Å². The summed E-state index contributed by atoms with van der Waals surface area (Å²) in [6.07, 6.45) is 2.83. The van der Waals surface area contributed by atoms with Crippen molar-refractivity contribution in [3.63, 3.8) is 0 Å². The van der Waals surface area contributed by atoms with E-state index < -0.39 is 5.97 Å². The van der Waals surface area contributed by atoms with Gasteiger partial charge < -0.3 is 10.1 Å². The first-order valence-electron chi connectivity index (χ1n) is 6.25. The van der Waals surface area contributed by atoms with Crippen LogP contribution in [-0.2, 0) is 19.1 Å². The topological polar surface area (TPSA) is 72.5 Å². The number of amides is 1. The van der Waals surface area contributed by atoms with Crippen LogP contribution in [0.1, 0.15) is 25.8 Å². The third-order valence-electron chi connectivity index (χ3n) is 2.30. The van der Waals surface area contributed by atoms with Gasteiger partial charge in [0.2, 0.25) is 5.91 Å². The van der Waals surface area contributed by atoms with E-state index in [0.717, 1.165) is 5.56 Å². The van der Waals surface area contributed by atoms with Crippen molar-refractivity contribution in [3.05, 3.63) is 35.9 Å². The van der Waals surface area contributed by atoms with Gasteiger partial charge in [0, 0.05) is 11.8 Å². The summed E-state index contributed by atoms with van der Waals surface area (Å²) in [5, 5.41) is 2.61. The van der Waals surface area contributed by atoms with Crippen molar-refractivity contribution in [1.82, 2.24) is 0 Å². The van der Waals surface area contributed by atoms with Crippen LogP contribution in [0.2, 0.25) is 0 Å². The van der Waals surface area contributed by atoms with Crippen molar-refractivity contribution in [1.29, 1.82) is 0 Å². The fourth-order valence-electron chi connectivity index (χ4n) is 1.46. The number of hydrogen-bond donors (Lipinski definition) is 1. The first-order chi connectivity index (χ1) is 9.51. The van der Waals surface area contributed by atoms with Gasteiger partial charge in [-0.1, -0.05) is 12.1 Å². The zero-order chi connectivity index (χ0) is 15.0. The molecule has 0 radical (unpaired) electrons. The number of ketones is 1. The largest absolute Gasteiger partial charge is 0.463 e. The highest BCUT2D eigenvalue weighted by atomic mass is 16.5. The molecule has 1 N–H and O–H groups in total. The summed E-state index contributed by atoms with van der Waals surface area (Å²) in [4.78, 5) is 33.3. The summed E-state index contributed by atoms with van der Waals surface area (Å²) in [5.41, 5.74) is 1.41. The Bertz CT molecular complexity index is 517. The molecule has 106 valence electrons. The molecule has 0 aromatic heterocycles. The number of carbonyl (C=O) groups is 3. The molecule has 1 aromatic rings. The number of Topliss-reactive ketones (excluding diaryl/α,β-unsaturated/α-hetero) is 1. The molecule has 5 nitrogen and oxygen atoms in total. The van der Waals surface area contributed by atoms with Crippen LogP contribution in [0.3, 0.4) is 0 Å². The number of nitrogens with one attached hydrogen (secondary N) is 1. The Hall–Kier alpha value is -2.43. The molecule has 5 heteroatoms. The molecule has 0 aliphatic carbocycles. The van der Waals surface area contributed by atoms with E-state index in [2.05, 4.69) is 5.32 Å². The maximum absolute atomic E-state index is 11.4. The van der Waals surface area contributed by atoms with Crippen LogP contribution in [0.4, 0.5) is 5.69 Å². The fraction of sp³-hybridized carbons (Fsp3) is 0.267. The van der Waals surface area contributed by atoms with E-state index in [1.807, 2.05) is 0 Å². The highest BCUT2D eigenvalue weighted by molar-refractivity contribution is 6.03. The second-order valence-corrected chi connectivity index (χ2v) is 4.13. The molecule has 0 heterocycles. The number of esters is 1. The van der Waals surface area contributed by atoms with Crippen LogP contribution in [0.25, 0.3) is 6.08 Å². The Balaban J connectivity index is 2.58. The van der Waals surface area contributed by atoms with Crippen molar-refractivity contribution < 1.29 is 19.1 Å². The van der Waals surface area contributed by atoms with Gasteiger partial charge in [-0.2, -0.15) is 0 Å². The molecular formula is C15H17NO4. The second kappa shape index (κ2) is 7.89. The van der Waals surface area contributed by atoms with E-state index in [0.29, 0.717) is 12.3 Å². The van der Waals surface area contributed by atoms with Crippen molar-refractivity contribution >= 4 is 29.4 Å². The molecule has 20 heavy (non-hydrogen) atoms. The molecule has 1 amide bonds. The van der Waals surface area contributed by atoms with Crippen LogP contribution < -0.4 is 5.32 Å². The lowest BCUT2D eigenvalue weighted by Gasteiger charge is -2.04. The predicted octanol–water partition coefficient (Wildman–Crippen LogP) is 2.18. The standard InChI is InChI=1S/C15H17NO4/c1-3-20-15(19)9-6-12-4-7-13(8-5-12)16-14(18)10-11(2)17/h4-9H,3,10H2,1-2H3,(H,16,18)/b9-6+. The van der Waals surface area contributed by atoms with Crippen molar-refractivity contribution in [2.75, 3.05) is 11.9 Å². The Kier molecular flexibility index (Phi) is 6.16. The van der Waals surface area contributed by atoms with Crippen molar-refractivity contribution in [2.24, 2.45) is 0 Å². The number of anilines is 1. The van der Waals surface area contributed by atoms with Gasteiger partial charge in [-0.15, -0.1) is 0 Å². The Morgan fingerprint density at radius 1 is 1.20 bits per heavy atom. The average molecular weight is 275 g/mol. The zero-order valence-electron chi connectivity index (χ0n) is 11.5. The number of carbonyl (C=O) groups excluding carboxylic acids is 3. The molecule has 0 unspecified atom stereocenters. The Labute approximate surface area is 117 Å². The summed E-state index contributed by atoms with van der Waals surface area (Å²) >= 11 is 0. The van der Waals surface area contributed by atoms with Crippen LogP contribution in [0.15, 0.2) is 30.3 Å². The van der Waals surface area contributed by atoms with E-state index >= 15 is 0 Å². The highest BCUT2D eigenvalue weighted by Crippen LogP contribution is 2.11. The zero-order valence-corrected chi connectivity index (χ0v) is 11.5. The molecule has 0 saturated carbocycles. The summed E-state index contributed by atoms with van der Waals surface area (Å²) in [7, 11) is 0. The minimum atomic E-state index is -0.397. The predicted molar refractivity (Wildman–Crippen MR) is 76.0 cm³/mol. The molecule has 1 aromatic carbocycles. The molecular weight excluding hydrogens is 258 g/mol. The molecule has 1 rings (SSSR count). The smallest absolute Gasteiger partial charge is 0.330 e. The minimum absolute atomic E-state index is 0.134. The SMILES string of the molecule is CCOC(=O)/C=C/c1ccc(NC(=O)CC(C)=O)cc1. The van der Waals surface area contributed by atoms with Crippen LogP contribution in [-0.4, -0.2) is 24.3 Å². The van der Waals surface area contributed by atoms with E-state index in [1.165, 1.54) is 13.0 Å². The van der Waals surface area contributed by atoms with Gasteiger partial charge in [0.05, 0.1) is 13.0 Å². The van der Waals surface area contributed by atoms with Crippen LogP contribution >= 0.6 is 0 Å². The summed E-state index contributed by atoms with van der Waals surface area (Å²) < 4.78 is 4.76. The lowest BCUT2D eigenvalue weighted by atomic mass is 10.2. The quantitative estimate of drug-likeness (QED) is 0.490. The number of hydrogen-bond acceptors (Lipinski definition) is 4. The number of benzene rings is 1. The molecule has 0 fully saturated rings. The van der Waals surface area contributed by atoms with Gasteiger partial charge in [-0.25, -0.2) is 4.79 Å². The minimum Gasteiger partial charge on any atom is -0.463 e. The van der Waals surface area contributed by atoms with E-state index in [-0.39, 0.29) is 18.1 Å². The van der Waals surface area contributed by atoms with Crippen LogP contribution in [0.5, 0.6) is 0 Å². The molecule has 0 bridgehead atoms. The van der Waals surface area contributed by atoms with Gasteiger partial charge >= 0.3 is 5.97 Å². The van der Waals surface area contributed by atoms with E-state index in [4.69, 9.17) is 4.74 Å². The highest BCUT2D eigenvalue weighted by Gasteiger charge is 2.04. The van der Waals surface area contributed by atoms with Gasteiger partial charge in [0.15, 0.2) is 0 Å². The lowest BCUT2D eigenvalue weighted by molar-refractivity contribution is -0.137. The van der Waals surface area contributed by atoms with E-state index in [9.17, 15) is 14.4 Å². The fourth-order valence-corrected chi connectivity index (χ4v) is 1.46. The third kappa shape index (κ3) is 5.95. The lowest BCUT2D eigenvalue weighted by Crippen LogP contribution is -2.14. The Morgan fingerprint density at radius 3 is 2.40 bits per heavy atom. The Morgan fingerprint density at radius 2 is 1.85 bits per heavy atom. The summed E-state index contributed by atoms with van der Waals surface area (Å²) in [5.74, 6) is -0.921. The average Bonchev–Trinajstić information content (AvgIpc) is 2.37. The summed E-state index contributed by atoms with van der Waals surface area (Å²) in [6.45, 7) is 3.44. The van der Waals surface area contributed by atoms with Gasteiger partial charge in [-0.3, -0.25) is 9.59 Å². The van der Waals surface area contributed by atoms with Crippen molar-refractivity contribution in [2.45, 2.75) is 20.3 Å². The number of ether oxygens (including phenoxy) is 1. The molecule has 0 aliphatic rings. The van der Waals surface area contributed by atoms with E-state index in [1.54, 1.807) is 37.3 Å². The molecule has 0 saturated heterocycles. The third-order valence-corrected chi connectivity index (χ3v) is 2.30. The molecule has 0 aliphatic heterocycles. The molecule has 0 atom stereocenters. The second-order valence-electron chi connectivity index (χ2n) is 4.13. The van der Waals surface area contributed by atoms with Gasteiger partial charge in [0.1, 0.15) is 5.78 Å².